The summed E-state index contributed by atoms with van der Waals surface area (Å²) in [6.07, 6.45) is -1.50. The van der Waals surface area contributed by atoms with Gasteiger partial charge in [-0.25, -0.2) is 4.39 Å². The van der Waals surface area contributed by atoms with Crippen LogP contribution in [-0.4, -0.2) is 48.2 Å². The zero-order valence-corrected chi connectivity index (χ0v) is 15.9. The molecule has 1 heterocycles. The third-order valence-corrected chi connectivity index (χ3v) is 5.02. The molecule has 6 heteroatoms. The van der Waals surface area contributed by atoms with E-state index in [2.05, 4.69) is 4.90 Å². The first-order valence-corrected chi connectivity index (χ1v) is 8.97. The Labute approximate surface area is 159 Å². The fourth-order valence-electron chi connectivity index (χ4n) is 3.65. The van der Waals surface area contributed by atoms with Crippen LogP contribution in [0.5, 0.6) is 5.75 Å². The third kappa shape index (κ3) is 3.76. The van der Waals surface area contributed by atoms with Crippen LogP contribution in [0.15, 0.2) is 48.5 Å². The molecule has 2 aromatic rings. The monoisotopic (exact) mass is 372 g/mol. The van der Waals surface area contributed by atoms with Gasteiger partial charge in [0, 0.05) is 25.2 Å². The second-order valence-corrected chi connectivity index (χ2v) is 7.32. The Morgan fingerprint density at radius 2 is 1.81 bits per heavy atom. The van der Waals surface area contributed by atoms with Crippen LogP contribution in [0.1, 0.15) is 25.5 Å². The average Bonchev–Trinajstić information content (AvgIpc) is 2.66. The van der Waals surface area contributed by atoms with Gasteiger partial charge in [-0.2, -0.15) is 0 Å². The SMILES string of the molecule is COc1ccccc1N1CCN(C(=O)C(O)c2ccccc2F)CC1(C)C. The molecule has 1 aliphatic rings. The number of hydrogen-bond acceptors (Lipinski definition) is 4. The minimum absolute atomic E-state index is 0.00691. The van der Waals surface area contributed by atoms with Crippen LogP contribution in [0.2, 0.25) is 0 Å². The maximum atomic E-state index is 13.9. The highest BCUT2D eigenvalue weighted by molar-refractivity contribution is 5.82. The topological polar surface area (TPSA) is 53.0 Å². The van der Waals surface area contributed by atoms with Crippen LogP contribution in [0.4, 0.5) is 10.1 Å². The maximum absolute atomic E-state index is 13.9. The van der Waals surface area contributed by atoms with Crippen molar-refractivity contribution in [1.29, 1.82) is 0 Å². The molecule has 0 aromatic heterocycles. The van der Waals surface area contributed by atoms with E-state index in [9.17, 15) is 14.3 Å². The van der Waals surface area contributed by atoms with E-state index in [1.165, 1.54) is 18.2 Å². The number of nitrogens with zero attached hydrogens (tertiary/aromatic N) is 2. The second-order valence-electron chi connectivity index (χ2n) is 7.32. The highest BCUT2D eigenvalue weighted by Gasteiger charge is 2.38. The van der Waals surface area contributed by atoms with Crippen molar-refractivity contribution < 1.29 is 19.0 Å². The standard InChI is InChI=1S/C21H25FN2O3/c1-21(2)14-23(20(26)19(25)15-8-4-5-9-16(15)22)12-13-24(21)17-10-6-7-11-18(17)27-3/h4-11,19,25H,12-14H2,1-3H3. The molecule has 1 saturated heterocycles. The Balaban J connectivity index is 1.79. The predicted molar refractivity (Wildman–Crippen MR) is 102 cm³/mol. The van der Waals surface area contributed by atoms with Crippen molar-refractivity contribution in [3.05, 3.63) is 59.9 Å². The number of methoxy groups -OCH3 is 1. The summed E-state index contributed by atoms with van der Waals surface area (Å²) >= 11 is 0. The van der Waals surface area contributed by atoms with Gasteiger partial charge >= 0.3 is 0 Å². The zero-order chi connectivity index (χ0) is 19.6. The van der Waals surface area contributed by atoms with Crippen molar-refractivity contribution in [3.8, 4) is 5.75 Å². The molecule has 1 unspecified atom stereocenters. The number of halogens is 1. The number of piperazine rings is 1. The van der Waals surface area contributed by atoms with Gasteiger partial charge in [0.2, 0.25) is 0 Å². The molecule has 2 aromatic carbocycles. The quantitative estimate of drug-likeness (QED) is 0.897. The third-order valence-electron chi connectivity index (χ3n) is 5.02. The first-order valence-electron chi connectivity index (χ1n) is 8.97. The minimum atomic E-state index is -1.50. The molecule has 0 saturated carbocycles. The molecule has 3 rings (SSSR count). The Morgan fingerprint density at radius 1 is 1.15 bits per heavy atom. The molecule has 0 spiro atoms. The van der Waals surface area contributed by atoms with Gasteiger partial charge in [0.05, 0.1) is 18.3 Å². The summed E-state index contributed by atoms with van der Waals surface area (Å²) in [4.78, 5) is 16.6. The van der Waals surface area contributed by atoms with E-state index in [1.807, 2.05) is 38.1 Å². The van der Waals surface area contributed by atoms with E-state index in [0.29, 0.717) is 19.6 Å². The van der Waals surface area contributed by atoms with E-state index in [4.69, 9.17) is 4.74 Å². The molecular formula is C21H25FN2O3. The lowest BCUT2D eigenvalue weighted by molar-refractivity contribution is -0.142. The van der Waals surface area contributed by atoms with E-state index >= 15 is 0 Å². The Bertz CT molecular complexity index is 825. The van der Waals surface area contributed by atoms with Crippen LogP contribution >= 0.6 is 0 Å². The molecule has 1 aliphatic heterocycles. The molecule has 1 fully saturated rings. The summed E-state index contributed by atoms with van der Waals surface area (Å²) in [5, 5.41) is 10.4. The lowest BCUT2D eigenvalue weighted by atomic mass is 9.96. The number of aliphatic hydroxyl groups is 1. The van der Waals surface area contributed by atoms with Gasteiger partial charge in [-0.3, -0.25) is 4.79 Å². The highest BCUT2D eigenvalue weighted by Crippen LogP contribution is 2.35. The number of amides is 1. The Kier molecular flexibility index (Phi) is 5.37. The van der Waals surface area contributed by atoms with Gasteiger partial charge in [0.15, 0.2) is 6.10 Å². The predicted octanol–water partition coefficient (Wildman–Crippen LogP) is 3.00. The van der Waals surface area contributed by atoms with Crippen LogP contribution in [0.25, 0.3) is 0 Å². The number of benzene rings is 2. The summed E-state index contributed by atoms with van der Waals surface area (Å²) in [5.41, 5.74) is 0.594. The number of rotatable bonds is 4. The van der Waals surface area contributed by atoms with Crippen LogP contribution in [0.3, 0.4) is 0 Å². The number of para-hydroxylation sites is 2. The van der Waals surface area contributed by atoms with Gasteiger partial charge in [0.25, 0.3) is 5.91 Å². The number of aliphatic hydroxyl groups excluding tert-OH is 1. The van der Waals surface area contributed by atoms with Crippen molar-refractivity contribution in [1.82, 2.24) is 4.90 Å². The summed E-state index contributed by atoms with van der Waals surface area (Å²) in [6, 6.07) is 13.6. The Hall–Kier alpha value is -2.60. The van der Waals surface area contributed by atoms with Crippen molar-refractivity contribution in [2.45, 2.75) is 25.5 Å². The van der Waals surface area contributed by atoms with Gasteiger partial charge < -0.3 is 19.6 Å². The largest absolute Gasteiger partial charge is 0.495 e. The fourth-order valence-corrected chi connectivity index (χ4v) is 3.65. The van der Waals surface area contributed by atoms with Crippen LogP contribution < -0.4 is 9.64 Å². The molecule has 0 aliphatic carbocycles. The van der Waals surface area contributed by atoms with Crippen molar-refractivity contribution in [2.24, 2.45) is 0 Å². The highest BCUT2D eigenvalue weighted by atomic mass is 19.1. The average molecular weight is 372 g/mol. The van der Waals surface area contributed by atoms with Crippen molar-refractivity contribution in [3.63, 3.8) is 0 Å². The lowest BCUT2D eigenvalue weighted by Gasteiger charge is -2.49. The first-order chi connectivity index (χ1) is 12.8. The number of hydrogen-bond donors (Lipinski definition) is 1. The normalized spacial score (nSPS) is 17.5. The van der Waals surface area contributed by atoms with Gasteiger partial charge in [-0.05, 0) is 32.0 Å². The molecule has 1 atom stereocenters. The molecule has 5 nitrogen and oxygen atoms in total. The number of carbonyl (C=O) groups excluding carboxylic acids is 1. The van der Waals surface area contributed by atoms with Crippen molar-refractivity contribution >= 4 is 11.6 Å². The summed E-state index contributed by atoms with van der Waals surface area (Å²) in [7, 11) is 1.64. The molecule has 1 N–H and O–H groups in total. The van der Waals surface area contributed by atoms with E-state index in [-0.39, 0.29) is 11.1 Å². The lowest BCUT2D eigenvalue weighted by Crippen LogP contribution is -2.61. The van der Waals surface area contributed by atoms with Gasteiger partial charge in [-0.1, -0.05) is 30.3 Å². The van der Waals surface area contributed by atoms with Crippen LogP contribution in [-0.2, 0) is 4.79 Å². The van der Waals surface area contributed by atoms with Crippen LogP contribution in [0, 0.1) is 5.82 Å². The maximum Gasteiger partial charge on any atom is 0.256 e. The second kappa shape index (κ2) is 7.56. The van der Waals surface area contributed by atoms with E-state index in [1.54, 1.807) is 18.1 Å². The minimum Gasteiger partial charge on any atom is -0.495 e. The molecule has 144 valence electrons. The molecule has 0 bridgehead atoms. The smallest absolute Gasteiger partial charge is 0.256 e. The van der Waals surface area contributed by atoms with E-state index in [0.717, 1.165) is 11.4 Å². The summed E-state index contributed by atoms with van der Waals surface area (Å²) < 4.78 is 19.4. The zero-order valence-electron chi connectivity index (χ0n) is 15.9. The molecule has 0 radical (unpaired) electrons. The van der Waals surface area contributed by atoms with Gasteiger partial charge in [-0.15, -0.1) is 0 Å². The number of ether oxygens (including phenoxy) is 1. The number of anilines is 1. The summed E-state index contributed by atoms with van der Waals surface area (Å²) in [5.74, 6) is -0.283. The van der Waals surface area contributed by atoms with E-state index < -0.39 is 17.8 Å². The Morgan fingerprint density at radius 3 is 2.48 bits per heavy atom. The fraction of sp³-hybridized carbons (Fsp3) is 0.381. The molecular weight excluding hydrogens is 347 g/mol. The van der Waals surface area contributed by atoms with Gasteiger partial charge in [0.1, 0.15) is 11.6 Å². The molecule has 27 heavy (non-hydrogen) atoms. The molecule has 1 amide bonds. The van der Waals surface area contributed by atoms with Crippen molar-refractivity contribution in [2.75, 3.05) is 31.6 Å². The summed E-state index contributed by atoms with van der Waals surface area (Å²) in [6.45, 7) is 5.51. The number of carbonyl (C=O) groups is 1. The first kappa shape index (κ1) is 19.2.